The Hall–Kier alpha value is -4.04. The van der Waals surface area contributed by atoms with E-state index in [0.717, 1.165) is 29.2 Å². The van der Waals surface area contributed by atoms with E-state index in [1.54, 1.807) is 0 Å². The number of nitrogens with one attached hydrogen (secondary N) is 1. The maximum absolute atomic E-state index is 3.55. The van der Waals surface area contributed by atoms with Gasteiger partial charge in [0.05, 0.1) is 0 Å². The quantitative estimate of drug-likeness (QED) is 0.331. The van der Waals surface area contributed by atoms with Crippen LogP contribution in [0.4, 0.5) is 22.7 Å². The highest BCUT2D eigenvalue weighted by molar-refractivity contribution is 5.78. The van der Waals surface area contributed by atoms with Crippen molar-refractivity contribution in [3.8, 4) is 0 Å². The molecule has 5 rings (SSSR count). The average Bonchev–Trinajstić information content (AvgIpc) is 2.87. The average molecular weight is 429 g/mol. The third-order valence-electron chi connectivity index (χ3n) is 6.09. The van der Waals surface area contributed by atoms with E-state index in [-0.39, 0.29) is 0 Å². The molecule has 2 heteroatoms. The van der Waals surface area contributed by atoms with Gasteiger partial charge >= 0.3 is 0 Å². The molecule has 0 aliphatic heterocycles. The van der Waals surface area contributed by atoms with Crippen LogP contribution in [-0.4, -0.2) is 0 Å². The van der Waals surface area contributed by atoms with E-state index >= 15 is 0 Å². The molecule has 162 valence electrons. The second kappa shape index (κ2) is 9.62. The summed E-state index contributed by atoms with van der Waals surface area (Å²) in [5.74, 6) is 0.450. The fourth-order valence-electron chi connectivity index (χ4n) is 4.45. The maximum Gasteiger partial charge on any atom is 0.0462 e. The third-order valence-corrected chi connectivity index (χ3v) is 6.09. The number of rotatable bonds is 6. The van der Waals surface area contributed by atoms with Gasteiger partial charge in [0.15, 0.2) is 0 Å². The molecule has 1 aliphatic carbocycles. The number of hydrogen-bond acceptors (Lipinski definition) is 2. The molecular formula is C31H28N2. The van der Waals surface area contributed by atoms with E-state index in [1.165, 1.54) is 16.8 Å². The van der Waals surface area contributed by atoms with Gasteiger partial charge in [0.2, 0.25) is 0 Å². The monoisotopic (exact) mass is 428 g/mol. The SMILES string of the molecule is CC1CC(Nc2ccccc2)=CC=C1c1ccc(N(c2ccccc2)c2ccccc2)cc1. The highest BCUT2D eigenvalue weighted by Crippen LogP contribution is 2.37. The Kier molecular flexibility index (Phi) is 6.08. The fraction of sp³-hybridized carbons (Fsp3) is 0.0968. The van der Waals surface area contributed by atoms with Crippen LogP contribution in [0.3, 0.4) is 0 Å². The Balaban J connectivity index is 1.41. The fourth-order valence-corrected chi connectivity index (χ4v) is 4.45. The van der Waals surface area contributed by atoms with Crippen molar-refractivity contribution >= 4 is 28.3 Å². The minimum Gasteiger partial charge on any atom is -0.359 e. The second-order valence-corrected chi connectivity index (χ2v) is 8.46. The molecule has 0 fully saturated rings. The first-order valence-corrected chi connectivity index (χ1v) is 11.5. The third kappa shape index (κ3) is 4.75. The van der Waals surface area contributed by atoms with Crippen molar-refractivity contribution in [2.75, 3.05) is 10.2 Å². The molecule has 1 atom stereocenters. The Morgan fingerprint density at radius 3 is 1.67 bits per heavy atom. The van der Waals surface area contributed by atoms with E-state index in [0.29, 0.717) is 5.92 Å². The molecule has 0 saturated heterocycles. The van der Waals surface area contributed by atoms with E-state index in [1.807, 2.05) is 6.07 Å². The minimum absolute atomic E-state index is 0.450. The summed E-state index contributed by atoms with van der Waals surface area (Å²) in [5.41, 5.74) is 8.52. The highest BCUT2D eigenvalue weighted by Gasteiger charge is 2.18. The molecule has 0 spiro atoms. The molecule has 2 nitrogen and oxygen atoms in total. The molecule has 33 heavy (non-hydrogen) atoms. The van der Waals surface area contributed by atoms with Crippen molar-refractivity contribution < 1.29 is 0 Å². The highest BCUT2D eigenvalue weighted by atomic mass is 15.1. The summed E-state index contributed by atoms with van der Waals surface area (Å²) < 4.78 is 0. The second-order valence-electron chi connectivity index (χ2n) is 8.46. The molecule has 1 aliphatic rings. The summed E-state index contributed by atoms with van der Waals surface area (Å²) in [7, 11) is 0. The molecule has 4 aromatic carbocycles. The zero-order valence-electron chi connectivity index (χ0n) is 18.9. The van der Waals surface area contributed by atoms with Gasteiger partial charge in [-0.2, -0.15) is 0 Å². The van der Waals surface area contributed by atoms with Gasteiger partial charge in [-0.05, 0) is 78.1 Å². The molecular weight excluding hydrogens is 400 g/mol. The summed E-state index contributed by atoms with van der Waals surface area (Å²) in [6, 6.07) is 40.4. The molecule has 0 aromatic heterocycles. The van der Waals surface area contributed by atoms with Crippen LogP contribution < -0.4 is 10.2 Å². The lowest BCUT2D eigenvalue weighted by atomic mass is 9.86. The Labute approximate surface area is 196 Å². The van der Waals surface area contributed by atoms with Gasteiger partial charge < -0.3 is 10.2 Å². The van der Waals surface area contributed by atoms with Gasteiger partial charge in [-0.25, -0.2) is 0 Å². The lowest BCUT2D eigenvalue weighted by Gasteiger charge is -2.26. The van der Waals surface area contributed by atoms with Gasteiger partial charge in [-0.15, -0.1) is 0 Å². The normalized spacial score (nSPS) is 15.4. The van der Waals surface area contributed by atoms with Crippen LogP contribution >= 0.6 is 0 Å². The number of hydrogen-bond donors (Lipinski definition) is 1. The zero-order chi connectivity index (χ0) is 22.5. The van der Waals surface area contributed by atoms with Crippen LogP contribution in [0.1, 0.15) is 18.9 Å². The lowest BCUT2D eigenvalue weighted by molar-refractivity contribution is 0.730. The number of anilines is 4. The smallest absolute Gasteiger partial charge is 0.0462 e. The van der Waals surface area contributed by atoms with Crippen molar-refractivity contribution in [1.29, 1.82) is 0 Å². The van der Waals surface area contributed by atoms with E-state index in [9.17, 15) is 0 Å². The first kappa shape index (κ1) is 20.8. The van der Waals surface area contributed by atoms with E-state index < -0.39 is 0 Å². The van der Waals surface area contributed by atoms with Crippen molar-refractivity contribution in [1.82, 2.24) is 0 Å². The Morgan fingerprint density at radius 1 is 0.606 bits per heavy atom. The van der Waals surface area contributed by atoms with Crippen molar-refractivity contribution in [2.45, 2.75) is 13.3 Å². The topological polar surface area (TPSA) is 15.3 Å². The van der Waals surface area contributed by atoms with Crippen LogP contribution in [0, 0.1) is 5.92 Å². The molecule has 1 unspecified atom stereocenters. The van der Waals surface area contributed by atoms with Gasteiger partial charge in [0.25, 0.3) is 0 Å². The van der Waals surface area contributed by atoms with Crippen LogP contribution in [-0.2, 0) is 0 Å². The van der Waals surface area contributed by atoms with Crippen molar-refractivity contribution in [2.24, 2.45) is 5.92 Å². The minimum atomic E-state index is 0.450. The summed E-state index contributed by atoms with van der Waals surface area (Å²) in [6.07, 6.45) is 5.49. The molecule has 0 heterocycles. The summed E-state index contributed by atoms with van der Waals surface area (Å²) in [6.45, 7) is 2.31. The molecule has 0 amide bonds. The van der Waals surface area contributed by atoms with Crippen molar-refractivity contribution in [3.63, 3.8) is 0 Å². The number of nitrogens with zero attached hydrogens (tertiary/aromatic N) is 1. The predicted octanol–water partition coefficient (Wildman–Crippen LogP) is 8.58. The van der Waals surface area contributed by atoms with Gasteiger partial charge in [0, 0.05) is 28.4 Å². The number of para-hydroxylation sites is 3. The first-order chi connectivity index (χ1) is 16.3. The molecule has 1 N–H and O–H groups in total. The van der Waals surface area contributed by atoms with E-state index in [4.69, 9.17) is 0 Å². The summed E-state index contributed by atoms with van der Waals surface area (Å²) in [5, 5.41) is 3.55. The van der Waals surface area contributed by atoms with Gasteiger partial charge in [-0.1, -0.05) is 79.7 Å². The molecule has 4 aromatic rings. The largest absolute Gasteiger partial charge is 0.359 e. The maximum atomic E-state index is 3.55. The van der Waals surface area contributed by atoms with Crippen LogP contribution in [0.2, 0.25) is 0 Å². The Morgan fingerprint density at radius 2 is 1.12 bits per heavy atom. The standard InChI is InChI=1S/C31H28N2/c1-24-23-27(32-26-11-5-2-6-12-26)19-22-31(24)25-17-20-30(21-18-25)33(28-13-7-3-8-14-28)29-15-9-4-10-16-29/h2-22,24,32H,23H2,1H3. The molecule has 0 radical (unpaired) electrons. The van der Waals surface area contributed by atoms with E-state index in [2.05, 4.69) is 138 Å². The van der Waals surface area contributed by atoms with Gasteiger partial charge in [0.1, 0.15) is 0 Å². The van der Waals surface area contributed by atoms with Crippen LogP contribution in [0.25, 0.3) is 5.57 Å². The summed E-state index contributed by atoms with van der Waals surface area (Å²) in [4.78, 5) is 2.30. The number of benzene rings is 4. The lowest BCUT2D eigenvalue weighted by Crippen LogP contribution is -2.11. The molecule has 0 bridgehead atoms. The van der Waals surface area contributed by atoms with Crippen LogP contribution in [0.15, 0.2) is 133 Å². The number of allylic oxidation sites excluding steroid dienone is 4. The first-order valence-electron chi connectivity index (χ1n) is 11.5. The van der Waals surface area contributed by atoms with Gasteiger partial charge in [-0.3, -0.25) is 0 Å². The summed E-state index contributed by atoms with van der Waals surface area (Å²) >= 11 is 0. The predicted molar refractivity (Wildman–Crippen MR) is 141 cm³/mol. The van der Waals surface area contributed by atoms with Crippen molar-refractivity contribution in [3.05, 3.63) is 139 Å². The Bertz CT molecular complexity index is 1200. The van der Waals surface area contributed by atoms with Crippen LogP contribution in [0.5, 0.6) is 0 Å². The zero-order valence-corrected chi connectivity index (χ0v) is 18.9. The molecule has 0 saturated carbocycles.